The number of aryl methyl sites for hydroxylation is 1. The lowest BCUT2D eigenvalue weighted by atomic mass is 10.1. The van der Waals surface area contributed by atoms with Gasteiger partial charge in [0, 0.05) is 18.4 Å². The van der Waals surface area contributed by atoms with Crippen LogP contribution in [0.5, 0.6) is 5.75 Å². The molecule has 37 heavy (non-hydrogen) atoms. The van der Waals surface area contributed by atoms with E-state index in [-0.39, 0.29) is 0 Å². The number of nitrogens with zero attached hydrogens (tertiary/aromatic N) is 3. The average Bonchev–Trinajstić information content (AvgIpc) is 2.89. The van der Waals surface area contributed by atoms with Crippen molar-refractivity contribution in [3.8, 4) is 5.75 Å². The number of rotatable bonds is 11. The number of nitrogens with one attached hydrogen (secondary N) is 2. The molecule has 1 saturated heterocycles. The molecule has 0 saturated carbocycles. The summed E-state index contributed by atoms with van der Waals surface area (Å²) in [5.74, 6) is 1.52. The molecule has 1 fully saturated rings. The largest absolute Gasteiger partial charge is 0.495 e. The van der Waals surface area contributed by atoms with Crippen LogP contribution < -0.4 is 20.7 Å². The van der Waals surface area contributed by atoms with E-state index in [9.17, 15) is 4.57 Å². The Kier molecular flexibility index (Phi) is 9.43. The van der Waals surface area contributed by atoms with E-state index in [1.54, 1.807) is 20.4 Å². The van der Waals surface area contributed by atoms with Crippen LogP contribution in [0.1, 0.15) is 18.4 Å². The SMILES string of the molecule is COc1cc(CCCCN2CCOCC2)ccc1Nc1ncc(Cl)c(Nc2ccccc2P(C)(C)=O)n1. The molecule has 3 aromatic rings. The summed E-state index contributed by atoms with van der Waals surface area (Å²) >= 11 is 6.39. The molecule has 198 valence electrons. The fourth-order valence-corrected chi connectivity index (χ4v) is 5.59. The van der Waals surface area contributed by atoms with Crippen LogP contribution in [-0.4, -0.2) is 68.2 Å². The van der Waals surface area contributed by atoms with Crippen molar-refractivity contribution in [3.63, 3.8) is 0 Å². The lowest BCUT2D eigenvalue weighted by molar-refractivity contribution is 0.0372. The van der Waals surface area contributed by atoms with E-state index in [0.29, 0.717) is 22.5 Å². The molecular weight excluding hydrogens is 509 g/mol. The van der Waals surface area contributed by atoms with Crippen molar-refractivity contribution in [1.29, 1.82) is 0 Å². The minimum Gasteiger partial charge on any atom is -0.495 e. The summed E-state index contributed by atoms with van der Waals surface area (Å²) in [7, 11) is -0.840. The minimum absolute atomic E-state index is 0.363. The van der Waals surface area contributed by atoms with Crippen molar-refractivity contribution in [1.82, 2.24) is 14.9 Å². The number of anilines is 4. The third-order valence-electron chi connectivity index (χ3n) is 6.29. The summed E-state index contributed by atoms with van der Waals surface area (Å²) in [5, 5.41) is 7.57. The maximum Gasteiger partial charge on any atom is 0.229 e. The lowest BCUT2D eigenvalue weighted by Gasteiger charge is -2.26. The van der Waals surface area contributed by atoms with Gasteiger partial charge in [-0.3, -0.25) is 4.90 Å². The monoisotopic (exact) mass is 543 g/mol. The summed E-state index contributed by atoms with van der Waals surface area (Å²) in [5.41, 5.74) is 2.70. The first kappa shape index (κ1) is 27.4. The number of aromatic nitrogens is 2. The second-order valence-electron chi connectivity index (χ2n) is 9.45. The molecule has 8 nitrogen and oxygen atoms in total. The highest BCUT2D eigenvalue weighted by Gasteiger charge is 2.17. The number of benzene rings is 2. The normalized spacial score (nSPS) is 14.4. The number of methoxy groups -OCH3 is 1. The van der Waals surface area contributed by atoms with Gasteiger partial charge in [-0.25, -0.2) is 4.98 Å². The van der Waals surface area contributed by atoms with Crippen LogP contribution in [0.3, 0.4) is 0 Å². The van der Waals surface area contributed by atoms with E-state index in [1.807, 2.05) is 30.3 Å². The number of hydrogen-bond acceptors (Lipinski definition) is 8. The summed E-state index contributed by atoms with van der Waals surface area (Å²) < 4.78 is 23.8. The van der Waals surface area contributed by atoms with Gasteiger partial charge in [0.15, 0.2) is 5.82 Å². The molecule has 0 amide bonds. The van der Waals surface area contributed by atoms with E-state index in [4.69, 9.17) is 21.1 Å². The van der Waals surface area contributed by atoms with Gasteiger partial charge < -0.3 is 24.7 Å². The quantitative estimate of drug-likeness (QED) is 0.241. The molecular formula is C27H35ClN5O3P. The number of ether oxygens (including phenoxy) is 2. The molecule has 0 bridgehead atoms. The maximum absolute atomic E-state index is 12.7. The lowest BCUT2D eigenvalue weighted by Crippen LogP contribution is -2.36. The molecule has 0 aliphatic carbocycles. The number of halogens is 1. The highest BCUT2D eigenvalue weighted by Crippen LogP contribution is 2.38. The first-order valence-corrected chi connectivity index (χ1v) is 15.5. The van der Waals surface area contributed by atoms with Gasteiger partial charge in [-0.05, 0) is 69.0 Å². The van der Waals surface area contributed by atoms with Crippen LogP contribution in [0.15, 0.2) is 48.7 Å². The van der Waals surface area contributed by atoms with Crippen LogP contribution in [0.2, 0.25) is 5.02 Å². The molecule has 1 aliphatic rings. The Hall–Kier alpha value is -2.64. The molecule has 0 radical (unpaired) electrons. The van der Waals surface area contributed by atoms with Crippen molar-refractivity contribution in [2.24, 2.45) is 0 Å². The average molecular weight is 544 g/mol. The Labute approximate surface area is 224 Å². The van der Waals surface area contributed by atoms with Gasteiger partial charge >= 0.3 is 0 Å². The van der Waals surface area contributed by atoms with Crippen LogP contribution >= 0.6 is 18.7 Å². The molecule has 1 aliphatic heterocycles. The first-order valence-electron chi connectivity index (χ1n) is 12.5. The molecule has 4 rings (SSSR count). The van der Waals surface area contributed by atoms with Gasteiger partial charge in [-0.2, -0.15) is 4.98 Å². The zero-order valence-electron chi connectivity index (χ0n) is 21.7. The molecule has 0 spiro atoms. The molecule has 10 heteroatoms. The van der Waals surface area contributed by atoms with E-state index in [0.717, 1.165) is 68.9 Å². The second kappa shape index (κ2) is 12.7. The van der Waals surface area contributed by atoms with Gasteiger partial charge in [0.05, 0.1) is 37.9 Å². The van der Waals surface area contributed by atoms with Crippen molar-refractivity contribution < 1.29 is 14.0 Å². The van der Waals surface area contributed by atoms with Gasteiger partial charge in [0.25, 0.3) is 0 Å². The maximum atomic E-state index is 12.7. The van der Waals surface area contributed by atoms with Crippen LogP contribution in [0.25, 0.3) is 0 Å². The van der Waals surface area contributed by atoms with Crippen LogP contribution in [0, 0.1) is 0 Å². The summed E-state index contributed by atoms with van der Waals surface area (Å²) in [6.45, 7) is 8.33. The highest BCUT2D eigenvalue weighted by molar-refractivity contribution is 7.70. The van der Waals surface area contributed by atoms with Gasteiger partial charge in [-0.1, -0.05) is 29.8 Å². The van der Waals surface area contributed by atoms with Gasteiger partial charge in [-0.15, -0.1) is 0 Å². The summed E-state index contributed by atoms with van der Waals surface area (Å²) in [6.07, 6.45) is 4.80. The minimum atomic E-state index is -2.50. The standard InChI is InChI=1S/C27H35ClN5O3P/c1-35-24-18-20(8-6-7-13-33-14-16-36-17-15-33)11-12-22(24)31-27-29-19-21(28)26(32-27)30-23-9-4-5-10-25(23)37(2,3)34/h4-5,9-12,18-19H,6-8,13-17H2,1-3H3,(H2,29,30,31,32). The van der Waals surface area contributed by atoms with Crippen molar-refractivity contribution in [3.05, 3.63) is 59.2 Å². The molecule has 2 heterocycles. The highest BCUT2D eigenvalue weighted by atomic mass is 35.5. The van der Waals surface area contributed by atoms with Gasteiger partial charge in [0.2, 0.25) is 5.95 Å². The van der Waals surface area contributed by atoms with Gasteiger partial charge in [0.1, 0.15) is 17.9 Å². The summed E-state index contributed by atoms with van der Waals surface area (Å²) in [6, 6.07) is 13.6. The fourth-order valence-electron chi connectivity index (χ4n) is 4.30. The smallest absolute Gasteiger partial charge is 0.229 e. The molecule has 1 aromatic heterocycles. The fraction of sp³-hybridized carbons (Fsp3) is 0.407. The first-order chi connectivity index (χ1) is 17.8. The molecule has 2 N–H and O–H groups in total. The predicted molar refractivity (Wildman–Crippen MR) is 152 cm³/mol. The number of para-hydroxylation sites is 1. The van der Waals surface area contributed by atoms with Crippen molar-refractivity contribution in [2.45, 2.75) is 19.3 Å². The van der Waals surface area contributed by atoms with E-state index in [1.165, 1.54) is 11.8 Å². The zero-order valence-corrected chi connectivity index (χ0v) is 23.3. The summed E-state index contributed by atoms with van der Waals surface area (Å²) in [4.78, 5) is 11.4. The van der Waals surface area contributed by atoms with Crippen LogP contribution in [-0.2, 0) is 15.7 Å². The Morgan fingerprint density at radius 2 is 1.86 bits per heavy atom. The predicted octanol–water partition coefficient (Wildman–Crippen LogP) is 5.53. The Morgan fingerprint density at radius 3 is 2.62 bits per heavy atom. The number of morpholine rings is 1. The number of unbranched alkanes of at least 4 members (excludes halogenated alkanes) is 1. The zero-order chi connectivity index (χ0) is 26.3. The second-order valence-corrected chi connectivity index (χ2v) is 13.0. The number of hydrogen-bond donors (Lipinski definition) is 2. The van der Waals surface area contributed by atoms with Crippen molar-refractivity contribution >= 4 is 47.2 Å². The third-order valence-corrected chi connectivity index (χ3v) is 8.11. The topological polar surface area (TPSA) is 88.6 Å². The molecule has 0 unspecified atom stereocenters. The molecule has 0 atom stereocenters. The Morgan fingerprint density at radius 1 is 1.08 bits per heavy atom. The third kappa shape index (κ3) is 7.68. The molecule has 2 aromatic carbocycles. The van der Waals surface area contributed by atoms with E-state index < -0.39 is 7.14 Å². The van der Waals surface area contributed by atoms with E-state index >= 15 is 0 Å². The Balaban J connectivity index is 1.41. The van der Waals surface area contributed by atoms with Crippen LogP contribution in [0.4, 0.5) is 23.1 Å². The van der Waals surface area contributed by atoms with Crippen molar-refractivity contribution in [2.75, 3.05) is 63.9 Å². The Bertz CT molecular complexity index is 1250. The van der Waals surface area contributed by atoms with E-state index in [2.05, 4.69) is 37.6 Å².